The molecule has 90 valence electrons. The first-order valence-corrected chi connectivity index (χ1v) is 6.94. The molecule has 0 amide bonds. The molecule has 0 spiro atoms. The quantitative estimate of drug-likeness (QED) is 0.857. The summed E-state index contributed by atoms with van der Waals surface area (Å²) in [5.74, 6) is 0. The van der Waals surface area contributed by atoms with Gasteiger partial charge in [0.1, 0.15) is 5.01 Å². The van der Waals surface area contributed by atoms with Gasteiger partial charge in [0.2, 0.25) is 0 Å². The van der Waals surface area contributed by atoms with Crippen LogP contribution in [0.1, 0.15) is 37.0 Å². The minimum Gasteiger partial charge on any atom is -0.313 e. The molecule has 2 rings (SSSR count). The Hall–Kier alpha value is -0.450. The van der Waals surface area contributed by atoms with Gasteiger partial charge in [0.05, 0.1) is 6.04 Å². The van der Waals surface area contributed by atoms with Crippen LogP contribution in [-0.4, -0.2) is 35.6 Å². The largest absolute Gasteiger partial charge is 0.313 e. The van der Waals surface area contributed by atoms with Gasteiger partial charge >= 0.3 is 0 Å². The summed E-state index contributed by atoms with van der Waals surface area (Å²) < 4.78 is 0. The van der Waals surface area contributed by atoms with Crippen LogP contribution in [0.2, 0.25) is 0 Å². The first-order chi connectivity index (χ1) is 7.66. The summed E-state index contributed by atoms with van der Waals surface area (Å²) in [4.78, 5) is 7.14. The van der Waals surface area contributed by atoms with Crippen molar-refractivity contribution in [2.24, 2.45) is 0 Å². The average Bonchev–Trinajstić information content (AvgIpc) is 2.56. The van der Waals surface area contributed by atoms with Crippen molar-refractivity contribution in [2.45, 2.75) is 39.3 Å². The number of nitrogens with zero attached hydrogens (tertiary/aromatic N) is 2. The fourth-order valence-electron chi connectivity index (χ4n) is 2.21. The summed E-state index contributed by atoms with van der Waals surface area (Å²) in [6, 6.07) is 1.05. The Balaban J connectivity index is 2.05. The highest BCUT2D eigenvalue weighted by molar-refractivity contribution is 7.09. The molecule has 1 fully saturated rings. The summed E-state index contributed by atoms with van der Waals surface area (Å²) in [6.07, 6.45) is 1.24. The zero-order valence-corrected chi connectivity index (χ0v) is 11.2. The van der Waals surface area contributed by atoms with Gasteiger partial charge in [0, 0.05) is 30.2 Å². The van der Waals surface area contributed by atoms with Gasteiger partial charge in [-0.3, -0.25) is 4.90 Å². The molecule has 1 aromatic rings. The van der Waals surface area contributed by atoms with Gasteiger partial charge in [-0.05, 0) is 33.7 Å². The lowest BCUT2D eigenvalue weighted by Crippen LogP contribution is -2.36. The number of nitrogens with one attached hydrogen (secondary N) is 1. The van der Waals surface area contributed by atoms with E-state index in [4.69, 9.17) is 0 Å². The lowest BCUT2D eigenvalue weighted by Gasteiger charge is -2.27. The molecule has 2 heterocycles. The average molecular weight is 239 g/mol. The van der Waals surface area contributed by atoms with Crippen molar-refractivity contribution in [1.82, 2.24) is 15.2 Å². The molecule has 0 aliphatic carbocycles. The number of aromatic nitrogens is 1. The topological polar surface area (TPSA) is 28.2 Å². The Bertz CT molecular complexity index is 337. The Labute approximate surface area is 102 Å². The summed E-state index contributed by atoms with van der Waals surface area (Å²) >= 11 is 1.79. The van der Waals surface area contributed by atoms with Gasteiger partial charge in [0.15, 0.2) is 0 Å². The second-order valence-corrected chi connectivity index (χ2v) is 5.60. The van der Waals surface area contributed by atoms with Crippen LogP contribution in [0.4, 0.5) is 0 Å². The van der Waals surface area contributed by atoms with Crippen LogP contribution >= 0.6 is 11.3 Å². The van der Waals surface area contributed by atoms with Gasteiger partial charge in [-0.2, -0.15) is 0 Å². The van der Waals surface area contributed by atoms with Crippen molar-refractivity contribution in [1.29, 1.82) is 0 Å². The Morgan fingerprint density at radius 3 is 3.12 bits per heavy atom. The highest BCUT2D eigenvalue weighted by Gasteiger charge is 2.21. The fraction of sp³-hybridized carbons (Fsp3) is 0.750. The molecule has 0 aromatic carbocycles. The van der Waals surface area contributed by atoms with Gasteiger partial charge in [0.25, 0.3) is 0 Å². The van der Waals surface area contributed by atoms with E-state index in [9.17, 15) is 0 Å². The van der Waals surface area contributed by atoms with Gasteiger partial charge in [-0.15, -0.1) is 11.3 Å². The molecule has 0 saturated carbocycles. The molecular formula is C12H21N3S. The number of thiazole rings is 1. The van der Waals surface area contributed by atoms with E-state index < -0.39 is 0 Å². The zero-order valence-electron chi connectivity index (χ0n) is 10.4. The Morgan fingerprint density at radius 1 is 1.62 bits per heavy atom. The van der Waals surface area contributed by atoms with Crippen LogP contribution in [0.5, 0.6) is 0 Å². The SMILES string of the molecule is Cc1csc(C(C)N2CCCNC(C)C2)n1. The van der Waals surface area contributed by atoms with E-state index >= 15 is 0 Å². The van der Waals surface area contributed by atoms with E-state index in [1.807, 2.05) is 0 Å². The normalized spacial score (nSPS) is 25.3. The fourth-order valence-corrected chi connectivity index (χ4v) is 3.10. The van der Waals surface area contributed by atoms with Gasteiger partial charge in [-0.25, -0.2) is 4.98 Å². The molecule has 1 saturated heterocycles. The van der Waals surface area contributed by atoms with Gasteiger partial charge < -0.3 is 5.32 Å². The Kier molecular flexibility index (Phi) is 3.95. The number of hydrogen-bond donors (Lipinski definition) is 1. The molecule has 2 unspecified atom stereocenters. The monoisotopic (exact) mass is 239 g/mol. The van der Waals surface area contributed by atoms with Crippen LogP contribution in [0.3, 0.4) is 0 Å². The maximum atomic E-state index is 4.60. The summed E-state index contributed by atoms with van der Waals surface area (Å²) in [7, 11) is 0. The molecule has 1 N–H and O–H groups in total. The molecule has 2 atom stereocenters. The van der Waals surface area contributed by atoms with E-state index in [-0.39, 0.29) is 0 Å². The number of rotatable bonds is 2. The number of aryl methyl sites for hydroxylation is 1. The molecule has 1 aromatic heterocycles. The second kappa shape index (κ2) is 5.25. The van der Waals surface area contributed by atoms with E-state index in [0.717, 1.165) is 18.8 Å². The predicted octanol–water partition coefficient (Wildman–Crippen LogP) is 2.20. The van der Waals surface area contributed by atoms with E-state index in [2.05, 4.69) is 41.4 Å². The third-order valence-electron chi connectivity index (χ3n) is 3.17. The van der Waals surface area contributed by atoms with Crippen molar-refractivity contribution in [3.8, 4) is 0 Å². The van der Waals surface area contributed by atoms with Crippen LogP contribution in [0, 0.1) is 6.92 Å². The molecule has 0 radical (unpaired) electrons. The van der Waals surface area contributed by atoms with Crippen molar-refractivity contribution in [3.63, 3.8) is 0 Å². The lowest BCUT2D eigenvalue weighted by atomic mass is 10.2. The smallest absolute Gasteiger partial charge is 0.110 e. The number of hydrogen-bond acceptors (Lipinski definition) is 4. The minimum atomic E-state index is 0.459. The molecule has 1 aliphatic rings. The first-order valence-electron chi connectivity index (χ1n) is 6.06. The second-order valence-electron chi connectivity index (χ2n) is 4.71. The van der Waals surface area contributed by atoms with Crippen LogP contribution in [0.25, 0.3) is 0 Å². The van der Waals surface area contributed by atoms with Crippen molar-refractivity contribution < 1.29 is 0 Å². The lowest BCUT2D eigenvalue weighted by molar-refractivity contribution is 0.210. The van der Waals surface area contributed by atoms with Crippen LogP contribution in [0.15, 0.2) is 5.38 Å². The summed E-state index contributed by atoms with van der Waals surface area (Å²) in [5, 5.41) is 6.93. The van der Waals surface area contributed by atoms with E-state index in [0.29, 0.717) is 12.1 Å². The third kappa shape index (κ3) is 2.81. The summed E-state index contributed by atoms with van der Waals surface area (Å²) in [6.45, 7) is 10.0. The first kappa shape index (κ1) is 12.0. The third-order valence-corrected chi connectivity index (χ3v) is 4.30. The minimum absolute atomic E-state index is 0.459. The van der Waals surface area contributed by atoms with Crippen LogP contribution < -0.4 is 5.32 Å². The van der Waals surface area contributed by atoms with Crippen molar-refractivity contribution in [3.05, 3.63) is 16.1 Å². The maximum Gasteiger partial charge on any atom is 0.110 e. The Morgan fingerprint density at radius 2 is 2.44 bits per heavy atom. The van der Waals surface area contributed by atoms with Crippen LogP contribution in [-0.2, 0) is 0 Å². The van der Waals surface area contributed by atoms with Crippen molar-refractivity contribution >= 4 is 11.3 Å². The molecule has 1 aliphatic heterocycles. The molecule has 16 heavy (non-hydrogen) atoms. The summed E-state index contributed by atoms with van der Waals surface area (Å²) in [5.41, 5.74) is 1.15. The molecule has 4 heteroatoms. The van der Waals surface area contributed by atoms with E-state index in [1.54, 1.807) is 11.3 Å². The zero-order chi connectivity index (χ0) is 11.5. The van der Waals surface area contributed by atoms with Crippen molar-refractivity contribution in [2.75, 3.05) is 19.6 Å². The van der Waals surface area contributed by atoms with Gasteiger partial charge in [-0.1, -0.05) is 0 Å². The predicted molar refractivity (Wildman–Crippen MR) is 68.9 cm³/mol. The maximum absolute atomic E-state index is 4.60. The highest BCUT2D eigenvalue weighted by Crippen LogP contribution is 2.24. The molecule has 0 bridgehead atoms. The molecule has 3 nitrogen and oxygen atoms in total. The molecular weight excluding hydrogens is 218 g/mol. The standard InChI is InChI=1S/C12H21N3S/c1-9-7-15(6-4-5-13-9)11(3)12-14-10(2)8-16-12/h8-9,11,13H,4-7H2,1-3H3. The van der Waals surface area contributed by atoms with E-state index in [1.165, 1.54) is 18.0 Å². The highest BCUT2D eigenvalue weighted by atomic mass is 32.1.